The Morgan fingerprint density at radius 2 is 2.14 bits per heavy atom. The highest BCUT2D eigenvalue weighted by Gasteiger charge is 2.36. The van der Waals surface area contributed by atoms with Gasteiger partial charge in [-0.2, -0.15) is 13.2 Å². The number of halogens is 3. The second-order valence-corrected chi connectivity index (χ2v) is 4.55. The van der Waals surface area contributed by atoms with Gasteiger partial charge in [0.25, 0.3) is 5.91 Å². The van der Waals surface area contributed by atoms with Crippen LogP contribution >= 0.6 is 0 Å². The van der Waals surface area contributed by atoms with E-state index in [4.69, 9.17) is 4.74 Å². The fourth-order valence-electron chi connectivity index (χ4n) is 2.06. The highest BCUT2D eigenvalue weighted by atomic mass is 19.4. The molecule has 1 N–H and O–H groups in total. The van der Waals surface area contributed by atoms with Gasteiger partial charge in [0.05, 0.1) is 11.4 Å². The second-order valence-electron chi connectivity index (χ2n) is 4.55. The molecule has 2 aromatic rings. The molecule has 3 rings (SSSR count). The summed E-state index contributed by atoms with van der Waals surface area (Å²) in [5.74, 6) is -0.995. The summed E-state index contributed by atoms with van der Waals surface area (Å²) in [6.45, 7) is 1.56. The average Bonchev–Trinajstić information content (AvgIpc) is 2.89. The van der Waals surface area contributed by atoms with Crippen molar-refractivity contribution in [3.63, 3.8) is 0 Å². The van der Waals surface area contributed by atoms with Crippen molar-refractivity contribution in [1.82, 2.24) is 9.55 Å². The lowest BCUT2D eigenvalue weighted by molar-refractivity contribution is -0.145. The third kappa shape index (κ3) is 2.32. The number of carbonyl (C=O) groups is 1. The Labute approximate surface area is 117 Å². The number of benzene rings is 1. The molecule has 0 spiro atoms. The third-order valence-corrected chi connectivity index (χ3v) is 3.07. The maximum absolute atomic E-state index is 12.8. The fraction of sp³-hybridized carbons (Fsp3) is 0.231. The normalized spacial score (nSPS) is 17.9. The maximum atomic E-state index is 12.8. The molecule has 1 amide bonds. The highest BCUT2D eigenvalue weighted by molar-refractivity contribution is 5.97. The molecule has 1 atom stereocenters. The van der Waals surface area contributed by atoms with E-state index in [1.54, 1.807) is 6.92 Å². The zero-order valence-electron chi connectivity index (χ0n) is 10.8. The summed E-state index contributed by atoms with van der Waals surface area (Å²) in [7, 11) is 0. The van der Waals surface area contributed by atoms with Crippen LogP contribution in [0.5, 0.6) is 5.75 Å². The van der Waals surface area contributed by atoms with Crippen molar-refractivity contribution in [2.45, 2.75) is 19.2 Å². The van der Waals surface area contributed by atoms with E-state index >= 15 is 0 Å². The van der Waals surface area contributed by atoms with Gasteiger partial charge in [0.2, 0.25) is 5.82 Å². The van der Waals surface area contributed by atoms with Crippen LogP contribution in [0.25, 0.3) is 5.69 Å². The first kappa shape index (κ1) is 13.5. The number of carbonyl (C=O) groups excluding carboxylic acids is 1. The molecule has 0 fully saturated rings. The van der Waals surface area contributed by atoms with Crippen LogP contribution in [-0.2, 0) is 11.0 Å². The Morgan fingerprint density at radius 3 is 2.86 bits per heavy atom. The van der Waals surface area contributed by atoms with Crippen LogP contribution in [0.1, 0.15) is 12.7 Å². The summed E-state index contributed by atoms with van der Waals surface area (Å²) in [5.41, 5.74) is 0.678. The van der Waals surface area contributed by atoms with E-state index in [-0.39, 0.29) is 11.6 Å². The zero-order chi connectivity index (χ0) is 15.2. The molecule has 0 aliphatic carbocycles. The quantitative estimate of drug-likeness (QED) is 0.880. The van der Waals surface area contributed by atoms with Crippen LogP contribution in [-0.4, -0.2) is 21.6 Å². The van der Waals surface area contributed by atoms with Crippen molar-refractivity contribution < 1.29 is 22.7 Å². The molecule has 1 unspecified atom stereocenters. The van der Waals surface area contributed by atoms with Crippen LogP contribution < -0.4 is 10.1 Å². The topological polar surface area (TPSA) is 56.1 Å². The number of anilines is 1. The van der Waals surface area contributed by atoms with Gasteiger partial charge in [-0.05, 0) is 19.1 Å². The number of hydrogen-bond donors (Lipinski definition) is 1. The molecule has 0 saturated heterocycles. The molecule has 110 valence electrons. The van der Waals surface area contributed by atoms with Crippen molar-refractivity contribution in [2.75, 3.05) is 5.32 Å². The monoisotopic (exact) mass is 297 g/mol. The highest BCUT2D eigenvalue weighted by Crippen LogP contribution is 2.34. The minimum Gasteiger partial charge on any atom is -0.479 e. The first-order chi connectivity index (χ1) is 9.86. The van der Waals surface area contributed by atoms with Crippen molar-refractivity contribution >= 4 is 11.6 Å². The lowest BCUT2D eigenvalue weighted by Gasteiger charge is -2.24. The van der Waals surface area contributed by atoms with Crippen molar-refractivity contribution in [1.29, 1.82) is 0 Å². The van der Waals surface area contributed by atoms with Gasteiger partial charge in [-0.3, -0.25) is 9.36 Å². The Kier molecular flexibility index (Phi) is 2.89. The number of amides is 1. The van der Waals surface area contributed by atoms with Gasteiger partial charge in [-0.25, -0.2) is 4.98 Å². The number of alkyl halides is 3. The molecule has 1 aromatic heterocycles. The number of imidazole rings is 1. The Bertz CT molecular complexity index is 709. The number of nitrogens with one attached hydrogen (secondary N) is 1. The van der Waals surface area contributed by atoms with Crippen LogP contribution in [0.4, 0.5) is 18.9 Å². The standard InChI is InChI=1S/C13H10F3N3O2/c1-7-11(20)18-9-3-2-8(6-10(9)21-7)19-5-4-17-12(19)13(14,15)16/h2-7H,1H3,(H,18,20). The van der Waals surface area contributed by atoms with Crippen LogP contribution in [0.15, 0.2) is 30.6 Å². The molecule has 1 aliphatic heterocycles. The lowest BCUT2D eigenvalue weighted by Crippen LogP contribution is -2.34. The molecule has 0 bridgehead atoms. The van der Waals surface area contributed by atoms with Gasteiger partial charge < -0.3 is 10.1 Å². The Balaban J connectivity index is 2.04. The SMILES string of the molecule is CC1Oc2cc(-n3ccnc3C(F)(F)F)ccc2NC1=O. The van der Waals surface area contributed by atoms with E-state index in [1.165, 1.54) is 24.4 Å². The smallest absolute Gasteiger partial charge is 0.450 e. The average molecular weight is 297 g/mol. The van der Waals surface area contributed by atoms with Crippen LogP contribution in [0.3, 0.4) is 0 Å². The first-order valence-electron chi connectivity index (χ1n) is 6.09. The van der Waals surface area contributed by atoms with Gasteiger partial charge in [0.15, 0.2) is 6.10 Å². The third-order valence-electron chi connectivity index (χ3n) is 3.07. The molecule has 2 heterocycles. The van der Waals surface area contributed by atoms with Crippen molar-refractivity contribution in [2.24, 2.45) is 0 Å². The second kappa shape index (κ2) is 4.51. The Morgan fingerprint density at radius 1 is 1.38 bits per heavy atom. The number of fused-ring (bicyclic) bond motifs is 1. The maximum Gasteiger partial charge on any atom is 0.450 e. The van der Waals surface area contributed by atoms with Gasteiger partial charge in [-0.1, -0.05) is 0 Å². The molecule has 5 nitrogen and oxygen atoms in total. The van der Waals surface area contributed by atoms with E-state index in [9.17, 15) is 18.0 Å². The van der Waals surface area contributed by atoms with Crippen molar-refractivity contribution in [3.8, 4) is 11.4 Å². The molecule has 0 saturated carbocycles. The Hall–Kier alpha value is -2.51. The molecule has 1 aromatic carbocycles. The summed E-state index contributed by atoms with van der Waals surface area (Å²) in [6, 6.07) is 4.38. The van der Waals surface area contributed by atoms with Crippen LogP contribution in [0, 0.1) is 0 Å². The van der Waals surface area contributed by atoms with Crippen LogP contribution in [0.2, 0.25) is 0 Å². The molecule has 0 radical (unpaired) electrons. The minimum absolute atomic E-state index is 0.252. The summed E-state index contributed by atoms with van der Waals surface area (Å²) in [5, 5.41) is 2.62. The molecular weight excluding hydrogens is 287 g/mol. The lowest BCUT2D eigenvalue weighted by atomic mass is 10.2. The van der Waals surface area contributed by atoms with Crippen molar-refractivity contribution in [3.05, 3.63) is 36.4 Å². The number of hydrogen-bond acceptors (Lipinski definition) is 3. The molecule has 21 heavy (non-hydrogen) atoms. The van der Waals surface area contributed by atoms with Gasteiger partial charge in [-0.15, -0.1) is 0 Å². The molecule has 8 heteroatoms. The first-order valence-corrected chi connectivity index (χ1v) is 6.09. The fourth-order valence-corrected chi connectivity index (χ4v) is 2.06. The van der Waals surface area contributed by atoms with E-state index in [2.05, 4.69) is 10.3 Å². The largest absolute Gasteiger partial charge is 0.479 e. The van der Waals surface area contributed by atoms with Gasteiger partial charge >= 0.3 is 6.18 Å². The predicted molar refractivity (Wildman–Crippen MR) is 67.3 cm³/mol. The predicted octanol–water partition coefficient (Wildman–Crippen LogP) is 2.61. The number of aromatic nitrogens is 2. The number of rotatable bonds is 1. The number of nitrogens with zero attached hydrogens (tertiary/aromatic N) is 2. The summed E-state index contributed by atoms with van der Waals surface area (Å²) in [4.78, 5) is 14.8. The summed E-state index contributed by atoms with van der Waals surface area (Å²) >= 11 is 0. The van der Waals surface area contributed by atoms with Gasteiger partial charge in [0.1, 0.15) is 5.75 Å². The van der Waals surface area contributed by atoms with Gasteiger partial charge in [0, 0.05) is 18.5 Å². The molecule has 1 aliphatic rings. The minimum atomic E-state index is -4.55. The summed E-state index contributed by atoms with van der Waals surface area (Å²) in [6.07, 6.45) is -2.96. The van der Waals surface area contributed by atoms with E-state index < -0.39 is 18.1 Å². The van der Waals surface area contributed by atoms with E-state index in [1.807, 2.05) is 0 Å². The zero-order valence-corrected chi connectivity index (χ0v) is 10.8. The summed E-state index contributed by atoms with van der Waals surface area (Å²) < 4.78 is 44.8. The number of ether oxygens (including phenoxy) is 1. The molecular formula is C13H10F3N3O2. The van der Waals surface area contributed by atoms with E-state index in [0.717, 1.165) is 10.8 Å². The van der Waals surface area contributed by atoms with E-state index in [0.29, 0.717) is 11.4 Å².